The highest BCUT2D eigenvalue weighted by atomic mass is 32.2. The van der Waals surface area contributed by atoms with Gasteiger partial charge in [-0.25, -0.2) is 13.2 Å². The summed E-state index contributed by atoms with van der Waals surface area (Å²) in [5.41, 5.74) is 1.83. The van der Waals surface area contributed by atoms with Crippen molar-refractivity contribution in [1.82, 2.24) is 0 Å². The number of nitrogens with one attached hydrogen (secondary N) is 2. The molecule has 0 atom stereocenters. The molecule has 3 aromatic rings. The fourth-order valence-electron chi connectivity index (χ4n) is 3.03. The van der Waals surface area contributed by atoms with Crippen LogP contribution in [0, 0.1) is 24.4 Å². The third-order valence-corrected chi connectivity index (χ3v) is 5.15. The minimum Gasteiger partial charge on any atom is -0.350 e. The third-order valence-electron chi connectivity index (χ3n) is 4.48. The van der Waals surface area contributed by atoms with E-state index in [-0.39, 0.29) is 28.9 Å². The van der Waals surface area contributed by atoms with E-state index < -0.39 is 17.5 Å². The van der Waals surface area contributed by atoms with E-state index in [1.54, 1.807) is 19.1 Å². The number of aryl methyl sites for hydroxylation is 1. The van der Waals surface area contributed by atoms with Crippen LogP contribution in [-0.2, 0) is 6.42 Å². The van der Waals surface area contributed by atoms with Gasteiger partial charge in [-0.1, -0.05) is 37.1 Å². The van der Waals surface area contributed by atoms with E-state index in [1.807, 2.05) is 25.1 Å². The Kier molecular flexibility index (Phi) is 7.05. The van der Waals surface area contributed by atoms with E-state index in [9.17, 15) is 18.0 Å². The minimum atomic E-state index is -1.22. The van der Waals surface area contributed by atoms with Crippen molar-refractivity contribution in [2.75, 3.05) is 15.8 Å². The molecule has 156 valence electrons. The summed E-state index contributed by atoms with van der Waals surface area (Å²) in [5, 5.41) is 2.52. The molecule has 0 spiro atoms. The molecule has 0 saturated carbocycles. The Morgan fingerprint density at radius 2 is 1.83 bits per heavy atom. The highest BCUT2D eigenvalue weighted by Crippen LogP contribution is 2.30. The highest BCUT2D eigenvalue weighted by molar-refractivity contribution is 8.00. The molecular formula is C23H21F3N2OS. The molecule has 0 fully saturated rings. The fourth-order valence-corrected chi connectivity index (χ4v) is 3.46. The second-order valence-electron chi connectivity index (χ2n) is 6.77. The quantitative estimate of drug-likeness (QED) is 0.311. The van der Waals surface area contributed by atoms with E-state index in [4.69, 9.17) is 0 Å². The van der Waals surface area contributed by atoms with E-state index >= 15 is 0 Å². The predicted molar refractivity (Wildman–Crippen MR) is 117 cm³/mol. The molecule has 3 rings (SSSR count). The molecule has 3 nitrogen and oxygen atoms in total. The maximum absolute atomic E-state index is 14.8. The molecule has 0 bridgehead atoms. The van der Waals surface area contributed by atoms with Crippen molar-refractivity contribution < 1.29 is 18.0 Å². The Balaban J connectivity index is 1.93. The molecule has 2 N–H and O–H groups in total. The van der Waals surface area contributed by atoms with E-state index in [1.165, 1.54) is 30.1 Å². The standard InChI is InChI=1S/C23H21F3N2OS/c1-3-30-28-18-6-4-5-15(11-18)10-16-12-17(13-29)23(22(26)21(16)25)27-20-8-7-14(2)9-19(20)24/h4-9,11-13,27-28H,3,10H2,1-2H3. The molecular weight excluding hydrogens is 409 g/mol. The van der Waals surface area contributed by atoms with E-state index in [0.717, 1.165) is 17.0 Å². The lowest BCUT2D eigenvalue weighted by molar-refractivity contribution is 0.112. The highest BCUT2D eigenvalue weighted by Gasteiger charge is 2.20. The van der Waals surface area contributed by atoms with Gasteiger partial charge in [0.2, 0.25) is 0 Å². The third kappa shape index (κ3) is 4.97. The molecule has 0 aliphatic rings. The maximum atomic E-state index is 14.8. The normalized spacial score (nSPS) is 10.7. The molecule has 0 amide bonds. The van der Waals surface area contributed by atoms with Crippen molar-refractivity contribution in [1.29, 1.82) is 0 Å². The molecule has 0 radical (unpaired) electrons. The van der Waals surface area contributed by atoms with Gasteiger partial charge in [0.15, 0.2) is 17.9 Å². The summed E-state index contributed by atoms with van der Waals surface area (Å²) in [6, 6.07) is 12.9. The average Bonchev–Trinajstić information content (AvgIpc) is 2.73. The van der Waals surface area contributed by atoms with Crippen LogP contribution in [0.25, 0.3) is 0 Å². The number of rotatable bonds is 8. The van der Waals surface area contributed by atoms with Crippen molar-refractivity contribution in [3.05, 3.63) is 88.2 Å². The van der Waals surface area contributed by atoms with Gasteiger partial charge in [-0.15, -0.1) is 0 Å². The van der Waals surface area contributed by atoms with Crippen LogP contribution in [0.1, 0.15) is 34.0 Å². The van der Waals surface area contributed by atoms with Gasteiger partial charge in [0.05, 0.1) is 11.4 Å². The van der Waals surface area contributed by atoms with Gasteiger partial charge in [0, 0.05) is 23.4 Å². The number of benzene rings is 3. The smallest absolute Gasteiger partial charge is 0.183 e. The van der Waals surface area contributed by atoms with Gasteiger partial charge in [0.1, 0.15) is 5.82 Å². The summed E-state index contributed by atoms with van der Waals surface area (Å²) in [7, 11) is 0. The summed E-state index contributed by atoms with van der Waals surface area (Å²) < 4.78 is 46.9. The van der Waals surface area contributed by atoms with Crippen LogP contribution in [0.2, 0.25) is 0 Å². The number of hydrogen-bond acceptors (Lipinski definition) is 4. The van der Waals surface area contributed by atoms with Crippen LogP contribution in [-0.4, -0.2) is 12.0 Å². The van der Waals surface area contributed by atoms with Crippen LogP contribution in [0.5, 0.6) is 0 Å². The first-order valence-electron chi connectivity index (χ1n) is 9.39. The SMILES string of the molecule is CCSNc1cccc(Cc2cc(C=O)c(Nc3ccc(C)cc3F)c(F)c2F)c1. The number of carbonyl (C=O) groups is 1. The van der Waals surface area contributed by atoms with Crippen molar-refractivity contribution in [2.24, 2.45) is 0 Å². The van der Waals surface area contributed by atoms with Gasteiger partial charge >= 0.3 is 0 Å². The largest absolute Gasteiger partial charge is 0.350 e. The Hall–Kier alpha value is -2.93. The Morgan fingerprint density at radius 1 is 1.03 bits per heavy atom. The van der Waals surface area contributed by atoms with Crippen LogP contribution in [0.15, 0.2) is 48.5 Å². The van der Waals surface area contributed by atoms with Crippen LogP contribution in [0.4, 0.5) is 30.2 Å². The molecule has 0 saturated heterocycles. The lowest BCUT2D eigenvalue weighted by Crippen LogP contribution is -2.06. The number of halogens is 3. The predicted octanol–water partition coefficient (Wildman–Crippen LogP) is 6.64. The number of aldehydes is 1. The summed E-state index contributed by atoms with van der Waals surface area (Å²) in [6.45, 7) is 3.73. The number of anilines is 3. The Bertz CT molecular complexity index is 1070. The first-order valence-corrected chi connectivity index (χ1v) is 10.4. The molecule has 0 unspecified atom stereocenters. The van der Waals surface area contributed by atoms with Gasteiger partial charge < -0.3 is 10.0 Å². The molecule has 0 aromatic heterocycles. The van der Waals surface area contributed by atoms with E-state index in [2.05, 4.69) is 10.0 Å². The molecule has 7 heteroatoms. The summed E-state index contributed by atoms with van der Waals surface area (Å²) >= 11 is 1.52. The van der Waals surface area contributed by atoms with Crippen LogP contribution in [0.3, 0.4) is 0 Å². The Labute approximate surface area is 177 Å². The maximum Gasteiger partial charge on any atom is 0.183 e. The lowest BCUT2D eigenvalue weighted by Gasteiger charge is -2.15. The molecule has 3 aromatic carbocycles. The fraction of sp³-hybridized carbons (Fsp3) is 0.174. The average molecular weight is 430 g/mol. The summed E-state index contributed by atoms with van der Waals surface area (Å²) in [6.07, 6.45) is 0.533. The number of hydrogen-bond donors (Lipinski definition) is 2. The van der Waals surface area contributed by atoms with Gasteiger partial charge in [-0.2, -0.15) is 0 Å². The van der Waals surface area contributed by atoms with Crippen LogP contribution < -0.4 is 10.0 Å². The van der Waals surface area contributed by atoms with Crippen molar-refractivity contribution >= 4 is 35.3 Å². The molecule has 0 aliphatic carbocycles. The summed E-state index contributed by atoms with van der Waals surface area (Å²) in [5.74, 6) is -2.03. The Morgan fingerprint density at radius 3 is 2.53 bits per heavy atom. The molecule has 30 heavy (non-hydrogen) atoms. The zero-order chi connectivity index (χ0) is 21.7. The van der Waals surface area contributed by atoms with Gasteiger partial charge in [0.25, 0.3) is 0 Å². The van der Waals surface area contributed by atoms with Crippen molar-refractivity contribution in [3.63, 3.8) is 0 Å². The van der Waals surface area contributed by atoms with Crippen molar-refractivity contribution in [3.8, 4) is 0 Å². The number of carbonyl (C=O) groups excluding carboxylic acids is 1. The zero-order valence-electron chi connectivity index (χ0n) is 16.6. The minimum absolute atomic E-state index is 0.0399. The van der Waals surface area contributed by atoms with Crippen molar-refractivity contribution in [2.45, 2.75) is 20.3 Å². The molecule has 0 aliphatic heterocycles. The van der Waals surface area contributed by atoms with E-state index in [0.29, 0.717) is 11.8 Å². The summed E-state index contributed by atoms with van der Waals surface area (Å²) in [4.78, 5) is 11.6. The lowest BCUT2D eigenvalue weighted by atomic mass is 10.00. The zero-order valence-corrected chi connectivity index (χ0v) is 17.4. The second-order valence-corrected chi connectivity index (χ2v) is 7.84. The van der Waals surface area contributed by atoms with Gasteiger partial charge in [-0.05, 0) is 53.9 Å². The molecule has 0 heterocycles. The monoisotopic (exact) mass is 430 g/mol. The topological polar surface area (TPSA) is 41.1 Å². The van der Waals surface area contributed by atoms with Gasteiger partial charge in [-0.3, -0.25) is 4.79 Å². The van der Waals surface area contributed by atoms with Crippen LogP contribution >= 0.6 is 11.9 Å². The second kappa shape index (κ2) is 9.71. The first-order chi connectivity index (χ1) is 14.4. The first kappa shape index (κ1) is 21.8.